The van der Waals surface area contributed by atoms with Crippen molar-refractivity contribution in [2.24, 2.45) is 0 Å². The van der Waals surface area contributed by atoms with Crippen LogP contribution in [0.5, 0.6) is 0 Å². The van der Waals surface area contributed by atoms with Gasteiger partial charge in [-0.15, -0.1) is 0 Å². The third kappa shape index (κ3) is 2.76. The number of imide groups is 1. The minimum atomic E-state index is -0.527. The molecule has 122 valence electrons. The second kappa shape index (κ2) is 6.62. The second-order valence-corrected chi connectivity index (χ2v) is 5.85. The molecule has 1 N–H and O–H groups in total. The van der Waals surface area contributed by atoms with E-state index >= 15 is 0 Å². The van der Waals surface area contributed by atoms with Crippen molar-refractivity contribution < 1.29 is 14.4 Å². The van der Waals surface area contributed by atoms with E-state index in [1.54, 1.807) is 18.2 Å². The molecule has 0 aliphatic carbocycles. The molecular weight excluding hydrogens is 350 g/mol. The number of carbonyl (C=O) groups excluding carboxylic acids is 3. The molecule has 0 atom stereocenters. The molecule has 6 nitrogen and oxygen atoms in total. The quantitative estimate of drug-likeness (QED) is 0.646. The number of rotatable bonds is 4. The van der Waals surface area contributed by atoms with Gasteiger partial charge in [0.25, 0.3) is 17.7 Å². The Bertz CT molecular complexity index is 839. The van der Waals surface area contributed by atoms with Gasteiger partial charge in [0, 0.05) is 18.5 Å². The first-order valence-corrected chi connectivity index (χ1v) is 8.08. The molecule has 0 bridgehead atoms. The minimum Gasteiger partial charge on any atom is -0.351 e. The van der Waals surface area contributed by atoms with E-state index in [0.29, 0.717) is 17.9 Å². The number of fused-ring (bicyclic) bond motifs is 1. The van der Waals surface area contributed by atoms with Crippen molar-refractivity contribution in [2.75, 3.05) is 17.2 Å². The fraction of sp³-hybridized carbons (Fsp3) is 0.125. The predicted octanol–water partition coefficient (Wildman–Crippen LogP) is 2.20. The highest BCUT2D eigenvalue weighted by atomic mass is 35.5. The van der Waals surface area contributed by atoms with Crippen molar-refractivity contribution in [1.29, 1.82) is 0 Å². The normalized spacial score (nSPS) is 13.2. The fourth-order valence-corrected chi connectivity index (χ4v) is 2.74. The van der Waals surface area contributed by atoms with Gasteiger partial charge in [-0.1, -0.05) is 17.7 Å². The number of benzene rings is 1. The van der Waals surface area contributed by atoms with Crippen molar-refractivity contribution in [3.05, 3.63) is 58.2 Å². The van der Waals surface area contributed by atoms with E-state index in [4.69, 9.17) is 11.6 Å². The SMILES string of the molecule is O=C(NCCS)c1ccc(N2C(=O)c3cccc(Cl)c3C2=O)nc1. The Kier molecular flexibility index (Phi) is 4.55. The first-order valence-electron chi connectivity index (χ1n) is 7.07. The van der Waals surface area contributed by atoms with Gasteiger partial charge in [-0.3, -0.25) is 14.4 Å². The van der Waals surface area contributed by atoms with Crippen LogP contribution in [0.3, 0.4) is 0 Å². The predicted molar refractivity (Wildman–Crippen MR) is 93.0 cm³/mol. The van der Waals surface area contributed by atoms with Crippen LogP contribution >= 0.6 is 24.2 Å². The molecule has 0 saturated heterocycles. The highest BCUT2D eigenvalue weighted by Crippen LogP contribution is 2.31. The van der Waals surface area contributed by atoms with Crippen LogP contribution in [0.15, 0.2) is 36.5 Å². The van der Waals surface area contributed by atoms with Crippen molar-refractivity contribution in [3.8, 4) is 0 Å². The van der Waals surface area contributed by atoms with Gasteiger partial charge in [0.2, 0.25) is 0 Å². The second-order valence-electron chi connectivity index (χ2n) is 4.99. The number of halogens is 1. The first-order chi connectivity index (χ1) is 11.5. The molecule has 2 heterocycles. The molecular formula is C16H12ClN3O3S. The summed E-state index contributed by atoms with van der Waals surface area (Å²) in [5, 5.41) is 2.88. The van der Waals surface area contributed by atoms with Gasteiger partial charge in [-0.2, -0.15) is 12.6 Å². The maximum absolute atomic E-state index is 12.5. The molecule has 3 rings (SSSR count). The molecule has 1 aliphatic rings. The third-order valence-electron chi connectivity index (χ3n) is 3.50. The highest BCUT2D eigenvalue weighted by Gasteiger charge is 2.38. The zero-order valence-corrected chi connectivity index (χ0v) is 14.0. The maximum Gasteiger partial charge on any atom is 0.268 e. The Morgan fingerprint density at radius 1 is 1.21 bits per heavy atom. The van der Waals surface area contributed by atoms with Gasteiger partial charge in [0.1, 0.15) is 5.82 Å². The lowest BCUT2D eigenvalue weighted by Gasteiger charge is -2.13. The molecule has 1 aromatic carbocycles. The first kappa shape index (κ1) is 16.5. The van der Waals surface area contributed by atoms with Crippen LogP contribution in [0.1, 0.15) is 31.1 Å². The summed E-state index contributed by atoms with van der Waals surface area (Å²) in [4.78, 5) is 41.8. The highest BCUT2D eigenvalue weighted by molar-refractivity contribution is 7.80. The van der Waals surface area contributed by atoms with E-state index < -0.39 is 11.8 Å². The van der Waals surface area contributed by atoms with Crippen LogP contribution in [-0.4, -0.2) is 35.0 Å². The van der Waals surface area contributed by atoms with E-state index in [2.05, 4.69) is 22.9 Å². The van der Waals surface area contributed by atoms with Crippen molar-refractivity contribution in [1.82, 2.24) is 10.3 Å². The summed E-state index contributed by atoms with van der Waals surface area (Å²) in [7, 11) is 0. The Morgan fingerprint density at radius 3 is 2.62 bits per heavy atom. The van der Waals surface area contributed by atoms with Crippen LogP contribution in [0.2, 0.25) is 5.02 Å². The number of nitrogens with one attached hydrogen (secondary N) is 1. The lowest BCUT2D eigenvalue weighted by molar-refractivity contribution is 0.0922. The van der Waals surface area contributed by atoms with E-state index in [1.807, 2.05) is 0 Å². The Morgan fingerprint density at radius 2 is 2.00 bits per heavy atom. The van der Waals surface area contributed by atoms with Crippen LogP contribution in [-0.2, 0) is 0 Å². The molecule has 1 aliphatic heterocycles. The monoisotopic (exact) mass is 361 g/mol. The lowest BCUT2D eigenvalue weighted by Crippen LogP contribution is -2.30. The van der Waals surface area contributed by atoms with Gasteiger partial charge >= 0.3 is 0 Å². The number of anilines is 1. The van der Waals surface area contributed by atoms with Crippen molar-refractivity contribution >= 4 is 47.8 Å². The van der Waals surface area contributed by atoms with Gasteiger partial charge in [-0.25, -0.2) is 9.88 Å². The number of nitrogens with zero attached hydrogens (tertiary/aromatic N) is 2. The number of carbonyl (C=O) groups is 3. The molecule has 0 radical (unpaired) electrons. The van der Waals surface area contributed by atoms with Crippen LogP contribution in [0.25, 0.3) is 0 Å². The number of hydrogen-bond acceptors (Lipinski definition) is 5. The zero-order valence-electron chi connectivity index (χ0n) is 12.3. The molecule has 0 spiro atoms. The van der Waals surface area contributed by atoms with E-state index in [1.165, 1.54) is 18.3 Å². The van der Waals surface area contributed by atoms with E-state index in [-0.39, 0.29) is 27.9 Å². The summed E-state index contributed by atoms with van der Waals surface area (Å²) in [5.41, 5.74) is 0.738. The standard InChI is InChI=1S/C16H12ClN3O3S/c17-11-3-1-2-10-13(11)16(23)20(15(10)22)12-5-4-9(8-19-12)14(21)18-6-7-24/h1-5,8,24H,6-7H2,(H,18,21). The summed E-state index contributed by atoms with van der Waals surface area (Å²) in [6.45, 7) is 0.431. The van der Waals surface area contributed by atoms with Crippen LogP contribution < -0.4 is 10.2 Å². The van der Waals surface area contributed by atoms with Crippen LogP contribution in [0, 0.1) is 0 Å². The minimum absolute atomic E-state index is 0.142. The molecule has 0 unspecified atom stereocenters. The number of amides is 3. The summed E-state index contributed by atoms with van der Waals surface area (Å²) in [6.07, 6.45) is 1.31. The fourth-order valence-electron chi connectivity index (χ4n) is 2.38. The van der Waals surface area contributed by atoms with Gasteiger partial charge in [-0.05, 0) is 24.3 Å². The van der Waals surface area contributed by atoms with Gasteiger partial charge < -0.3 is 5.32 Å². The molecule has 3 amide bonds. The van der Waals surface area contributed by atoms with E-state index in [0.717, 1.165) is 4.90 Å². The zero-order chi connectivity index (χ0) is 17.3. The lowest BCUT2D eigenvalue weighted by atomic mass is 10.1. The number of hydrogen-bond donors (Lipinski definition) is 2. The maximum atomic E-state index is 12.5. The van der Waals surface area contributed by atoms with Gasteiger partial charge in [0.15, 0.2) is 0 Å². The molecule has 0 saturated carbocycles. The average Bonchev–Trinajstić information content (AvgIpc) is 2.85. The number of thiol groups is 1. The summed E-state index contributed by atoms with van der Waals surface area (Å²) < 4.78 is 0. The largest absolute Gasteiger partial charge is 0.351 e. The Hall–Kier alpha value is -2.38. The van der Waals surface area contributed by atoms with E-state index in [9.17, 15) is 14.4 Å². The summed E-state index contributed by atoms with van der Waals surface area (Å²) >= 11 is 10.0. The molecule has 2 aromatic rings. The van der Waals surface area contributed by atoms with Crippen LogP contribution in [0.4, 0.5) is 5.82 Å². The topological polar surface area (TPSA) is 79.4 Å². The number of aromatic nitrogens is 1. The van der Waals surface area contributed by atoms with Crippen molar-refractivity contribution in [2.45, 2.75) is 0 Å². The molecule has 0 fully saturated rings. The Labute approximate surface area is 148 Å². The summed E-state index contributed by atoms with van der Waals surface area (Å²) in [5.74, 6) is -0.651. The average molecular weight is 362 g/mol. The van der Waals surface area contributed by atoms with Gasteiger partial charge in [0.05, 0.1) is 21.7 Å². The summed E-state index contributed by atoms with van der Waals surface area (Å²) in [6, 6.07) is 7.66. The molecule has 1 aromatic heterocycles. The smallest absolute Gasteiger partial charge is 0.268 e. The molecule has 24 heavy (non-hydrogen) atoms. The molecule has 8 heteroatoms. The third-order valence-corrected chi connectivity index (χ3v) is 4.04. The number of pyridine rings is 1. The Balaban J connectivity index is 1.88. The van der Waals surface area contributed by atoms with Crippen molar-refractivity contribution in [3.63, 3.8) is 0 Å².